The van der Waals surface area contributed by atoms with E-state index in [1.54, 1.807) is 0 Å². The van der Waals surface area contributed by atoms with Gasteiger partial charge in [0.2, 0.25) is 0 Å². The molecule has 0 radical (unpaired) electrons. The molecule has 0 heterocycles. The SMILES string of the molecule is CC(=O)O.CC(=O)O.CC(=O)O.CC(=O)O.CC(=O)O.CC(=O)O.CC(=O)O.CC(=O)O.[Ca+2].[Ca+2].[Ca+2].[Ca+2].[Ca+2].[Ca+2].[Ca+2].[Ca+2].[Ca+2].[Ca+2].[Ca+2].[Ca+2].[Ca+2].[Ca+2].[Ca+2].[Ca+2].[Ca+2].[Ca+2].[Ca+2].[Ca+2].[Ca+2]. The van der Waals surface area contributed by atoms with E-state index in [1.165, 1.54) is 0 Å². The normalized spacial score (nSPS) is 3.77. The summed E-state index contributed by atoms with van der Waals surface area (Å²) < 4.78 is 0. The van der Waals surface area contributed by atoms with E-state index in [0.717, 1.165) is 55.4 Å². The van der Waals surface area contributed by atoms with Crippen molar-refractivity contribution >= 4 is 840 Å². The standard InChI is InChI=1S/8C2H4O2.21Ca/c8*1-2(3)4;;;;;;;;;;;;;;;;;;;;;/h8*1H3,(H,3,4);;;;;;;;;;;;;;;;;;;;;/q;;;;;;;;21*+2. The van der Waals surface area contributed by atoms with Gasteiger partial charge in [-0.25, -0.2) is 0 Å². The first-order chi connectivity index (χ1) is 13.9. The van der Waals surface area contributed by atoms with Crippen LogP contribution in [0, 0.1) is 0 Å². The van der Waals surface area contributed by atoms with E-state index in [4.69, 9.17) is 79.2 Å². The van der Waals surface area contributed by atoms with Gasteiger partial charge in [-0.2, -0.15) is 0 Å². The third kappa shape index (κ3) is 784. The molecule has 0 bridgehead atoms. The fraction of sp³-hybridized carbons (Fsp3) is 0.500. The van der Waals surface area contributed by atoms with Crippen LogP contribution in [0.4, 0.5) is 0 Å². The zero-order valence-electron chi connectivity index (χ0n) is 33.7. The predicted octanol–water partition coefficient (Wildman–Crippen LogP) is -7.27. The Morgan fingerprint density at radius 2 is 0.170 bits per heavy atom. The van der Waals surface area contributed by atoms with Crippen LogP contribution in [0.1, 0.15) is 55.4 Å². The van der Waals surface area contributed by atoms with E-state index in [-0.39, 0.29) is 793 Å². The van der Waals surface area contributed by atoms with Crippen molar-refractivity contribution in [1.82, 2.24) is 0 Å². The van der Waals surface area contributed by atoms with E-state index in [9.17, 15) is 0 Å². The molecule has 16 nitrogen and oxygen atoms in total. The van der Waals surface area contributed by atoms with Gasteiger partial charge >= 0.3 is 793 Å². The molecule has 192 valence electrons. The van der Waals surface area contributed by atoms with Gasteiger partial charge in [0, 0.05) is 55.4 Å². The molecule has 0 unspecified atom stereocenters. The summed E-state index contributed by atoms with van der Waals surface area (Å²) in [5.41, 5.74) is 0. The Hall–Kier alpha value is 22.2. The number of rotatable bonds is 0. The van der Waals surface area contributed by atoms with Gasteiger partial charge in [0.25, 0.3) is 47.8 Å². The van der Waals surface area contributed by atoms with Crippen molar-refractivity contribution < 1.29 is 79.2 Å². The molecular formula is C16H32Ca21O16+42. The summed E-state index contributed by atoms with van der Waals surface area (Å²) in [6, 6.07) is 0. The Balaban J connectivity index is -0.00000000435. The van der Waals surface area contributed by atoms with Crippen LogP contribution < -0.4 is 0 Å². The van der Waals surface area contributed by atoms with Crippen LogP contribution in [0.15, 0.2) is 0 Å². The third-order valence-electron chi connectivity index (χ3n) is 0. The minimum absolute atomic E-state index is 0. The average molecular weight is 1320 g/mol. The molecule has 0 rings (SSSR count). The first-order valence-electron chi connectivity index (χ1n) is 7.42. The molecule has 0 saturated heterocycles. The second-order valence-corrected chi connectivity index (χ2v) is 4.15. The van der Waals surface area contributed by atoms with E-state index >= 15 is 0 Å². The van der Waals surface area contributed by atoms with Crippen LogP contribution in [0.5, 0.6) is 0 Å². The minimum Gasteiger partial charge on any atom is -0.481 e. The van der Waals surface area contributed by atoms with Crippen LogP contribution >= 0.6 is 0 Å². The number of carboxylic acids is 8. The first kappa shape index (κ1) is 194. The van der Waals surface area contributed by atoms with Gasteiger partial charge in [-0.05, 0) is 0 Å². The first-order valence-corrected chi connectivity index (χ1v) is 7.42. The molecule has 0 aromatic rings. The van der Waals surface area contributed by atoms with Gasteiger partial charge in [-0.1, -0.05) is 0 Å². The largest absolute Gasteiger partial charge is 2.00 e. The van der Waals surface area contributed by atoms with Crippen molar-refractivity contribution in [2.75, 3.05) is 0 Å². The Morgan fingerprint density at radius 3 is 0.170 bits per heavy atom. The number of carbonyl (C=O) groups is 8. The second-order valence-electron chi connectivity index (χ2n) is 4.15. The van der Waals surface area contributed by atoms with Crippen molar-refractivity contribution in [3.8, 4) is 0 Å². The van der Waals surface area contributed by atoms with E-state index in [2.05, 4.69) is 0 Å². The molecule has 0 atom stereocenters. The summed E-state index contributed by atoms with van der Waals surface area (Å²) in [4.78, 5) is 72.0. The summed E-state index contributed by atoms with van der Waals surface area (Å²) in [5.74, 6) is -6.67. The molecule has 0 saturated carbocycles. The van der Waals surface area contributed by atoms with Crippen LogP contribution in [0.25, 0.3) is 0 Å². The summed E-state index contributed by atoms with van der Waals surface area (Å²) in [6.45, 7) is 8.67. The van der Waals surface area contributed by atoms with Gasteiger partial charge in [0.1, 0.15) is 0 Å². The molecule has 37 heteroatoms. The van der Waals surface area contributed by atoms with Crippen LogP contribution in [-0.4, -0.2) is 881 Å². The molecule has 0 aliphatic rings. The smallest absolute Gasteiger partial charge is 0.481 e. The molecular weight excluding hydrogens is 1290 g/mol. The molecule has 0 aromatic heterocycles. The molecule has 0 aliphatic carbocycles. The van der Waals surface area contributed by atoms with Crippen molar-refractivity contribution in [3.05, 3.63) is 0 Å². The van der Waals surface area contributed by atoms with Crippen LogP contribution in [0.2, 0.25) is 0 Å². The van der Waals surface area contributed by atoms with Gasteiger partial charge in [0.15, 0.2) is 0 Å². The molecule has 0 fully saturated rings. The number of hydrogen-bond donors (Lipinski definition) is 8. The van der Waals surface area contributed by atoms with Crippen LogP contribution in [0.3, 0.4) is 0 Å². The van der Waals surface area contributed by atoms with Crippen molar-refractivity contribution in [1.29, 1.82) is 0 Å². The minimum atomic E-state index is -0.833. The summed E-state index contributed by atoms with van der Waals surface area (Å²) >= 11 is 0. The quantitative estimate of drug-likeness (QED) is 0.105. The zero-order valence-corrected chi connectivity index (χ0v) is 80.1. The predicted molar refractivity (Wildman–Crippen MR) is 227 cm³/mol. The van der Waals surface area contributed by atoms with Crippen LogP contribution in [-0.2, 0) is 38.4 Å². The topological polar surface area (TPSA) is 298 Å². The van der Waals surface area contributed by atoms with Crippen molar-refractivity contribution in [2.24, 2.45) is 0 Å². The molecule has 0 aromatic carbocycles. The maximum Gasteiger partial charge on any atom is 2.00 e. The van der Waals surface area contributed by atoms with Gasteiger partial charge in [-0.3, -0.25) is 38.4 Å². The van der Waals surface area contributed by atoms with E-state index < -0.39 is 47.8 Å². The van der Waals surface area contributed by atoms with Gasteiger partial charge in [0.05, 0.1) is 0 Å². The summed E-state index contributed by atoms with van der Waals surface area (Å²) in [7, 11) is 0. The Labute approximate surface area is 941 Å². The summed E-state index contributed by atoms with van der Waals surface area (Å²) in [6.07, 6.45) is 0. The van der Waals surface area contributed by atoms with Crippen molar-refractivity contribution in [3.63, 3.8) is 0 Å². The molecule has 0 amide bonds. The summed E-state index contributed by atoms with van der Waals surface area (Å²) in [5, 5.41) is 59.3. The van der Waals surface area contributed by atoms with E-state index in [0.29, 0.717) is 0 Å². The molecule has 53 heavy (non-hydrogen) atoms. The zero-order chi connectivity index (χ0) is 28.6. The fourth-order valence-corrected chi connectivity index (χ4v) is 0. The molecule has 8 N–H and O–H groups in total. The average Bonchev–Trinajstić information content (AvgIpc) is 2.30. The maximum atomic E-state index is 9.00. The number of aliphatic carboxylic acids is 8. The Bertz CT molecular complexity index is 411. The maximum absolute atomic E-state index is 9.00. The number of carboxylic acid groups (broad SMARTS) is 8. The van der Waals surface area contributed by atoms with E-state index in [1.807, 2.05) is 0 Å². The monoisotopic (exact) mass is 1320 g/mol. The Morgan fingerprint density at radius 1 is 0.170 bits per heavy atom. The second kappa shape index (κ2) is 186. The van der Waals surface area contributed by atoms with Crippen molar-refractivity contribution in [2.45, 2.75) is 55.4 Å². The Kier molecular flexibility index (Phi) is 682. The van der Waals surface area contributed by atoms with Gasteiger partial charge < -0.3 is 40.9 Å². The number of hydrogen-bond acceptors (Lipinski definition) is 8. The van der Waals surface area contributed by atoms with Gasteiger partial charge in [-0.15, -0.1) is 0 Å². The third-order valence-corrected chi connectivity index (χ3v) is 0. The fourth-order valence-electron chi connectivity index (χ4n) is 0. The molecule has 0 spiro atoms. The molecule has 0 aliphatic heterocycles.